The molecule has 0 radical (unpaired) electrons. The van der Waals surface area contributed by atoms with E-state index in [2.05, 4.69) is 0 Å². The highest BCUT2D eigenvalue weighted by atomic mass is 32.2. The lowest BCUT2D eigenvalue weighted by Crippen LogP contribution is -2.13. The summed E-state index contributed by atoms with van der Waals surface area (Å²) in [5.41, 5.74) is 0. The topological polar surface area (TPSA) is 110 Å². The van der Waals surface area contributed by atoms with E-state index in [9.17, 15) is 8.42 Å². The van der Waals surface area contributed by atoms with Gasteiger partial charge >= 0.3 is 10.3 Å². The van der Waals surface area contributed by atoms with Crippen molar-refractivity contribution < 1.29 is 27.7 Å². The van der Waals surface area contributed by atoms with E-state index in [4.69, 9.17) is 15.0 Å². The summed E-state index contributed by atoms with van der Waals surface area (Å²) in [6, 6.07) is 0. The summed E-state index contributed by atoms with van der Waals surface area (Å²) in [5.74, 6) is 0. The van der Waals surface area contributed by atoms with Gasteiger partial charge in [0.15, 0.2) is 0 Å². The highest BCUT2D eigenvalue weighted by Gasteiger charge is 2.23. The van der Waals surface area contributed by atoms with Crippen LogP contribution >= 0.6 is 0 Å². The molecule has 0 rings (SSSR count). The summed E-state index contributed by atoms with van der Waals surface area (Å²) >= 11 is 0. The van der Waals surface area contributed by atoms with Crippen LogP contribution in [-0.2, 0) is 10.3 Å². The molecular formula is H3N2O5S+. The molecule has 8 heteroatoms. The largest absolute Gasteiger partial charge is 0.582 e. The number of hydrogen-bond donors (Lipinski definition) is 3. The maximum Gasteiger partial charge on any atom is 0.582 e. The standard InChI is InChI=1S/H2N2O5S/c3-1-2(4)8(5,6)7/h4H,(H,5,6,7)/p+1. The van der Waals surface area contributed by atoms with Crippen molar-refractivity contribution in [1.29, 1.82) is 0 Å². The fraction of sp³-hybridized carbons (Fsp3) is 0. The Kier molecular flexibility index (Phi) is 1.71. The average molecular weight is 143 g/mol. The fourth-order valence-corrected chi connectivity index (χ4v) is 0.138. The second-order valence-electron chi connectivity index (χ2n) is 0.790. The van der Waals surface area contributed by atoms with Crippen molar-refractivity contribution in [3.05, 3.63) is 0 Å². The Morgan fingerprint density at radius 3 is 1.88 bits per heavy atom. The molecule has 0 aliphatic heterocycles. The Hall–Kier alpha value is -0.890. The molecule has 0 atom stereocenters. The molecule has 0 amide bonds. The van der Waals surface area contributed by atoms with Crippen molar-refractivity contribution in [2.24, 2.45) is 5.28 Å². The van der Waals surface area contributed by atoms with Crippen molar-refractivity contribution in [2.75, 3.05) is 0 Å². The van der Waals surface area contributed by atoms with Gasteiger partial charge in [-0.1, -0.05) is 0 Å². The minimum Gasteiger partial charge on any atom is -0.358 e. The highest BCUT2D eigenvalue weighted by Crippen LogP contribution is 1.79. The molecule has 0 aliphatic carbocycles. The van der Waals surface area contributed by atoms with Gasteiger partial charge in [-0.3, -0.25) is 0 Å². The minimum atomic E-state index is -4.78. The van der Waals surface area contributed by atoms with Crippen LogP contribution in [0.2, 0.25) is 0 Å². The Morgan fingerprint density at radius 2 is 1.88 bits per heavy atom. The molecule has 7 nitrogen and oxygen atoms in total. The lowest BCUT2D eigenvalue weighted by Gasteiger charge is -1.74. The molecule has 0 spiro atoms. The third-order valence-corrected chi connectivity index (χ3v) is 0.769. The van der Waals surface area contributed by atoms with Gasteiger partial charge in [-0.25, -0.2) is 9.76 Å². The molecule has 0 aromatic heterocycles. The molecule has 0 saturated heterocycles. The summed E-state index contributed by atoms with van der Waals surface area (Å²) in [6.45, 7) is 0. The molecule has 0 saturated carbocycles. The summed E-state index contributed by atoms with van der Waals surface area (Å²) in [4.78, 5) is 0. The van der Waals surface area contributed by atoms with E-state index >= 15 is 0 Å². The zero-order valence-corrected chi connectivity index (χ0v) is 4.28. The first-order chi connectivity index (χ1) is 3.48. The Labute approximate surface area is 44.3 Å². The van der Waals surface area contributed by atoms with Gasteiger partial charge in [0.2, 0.25) is 0 Å². The first-order valence-corrected chi connectivity index (χ1v) is 2.70. The van der Waals surface area contributed by atoms with Crippen LogP contribution in [-0.4, -0.2) is 27.7 Å². The van der Waals surface area contributed by atoms with Crippen molar-refractivity contribution in [1.82, 2.24) is 0 Å². The lowest BCUT2D eigenvalue weighted by molar-refractivity contribution is -0.729. The van der Waals surface area contributed by atoms with Gasteiger partial charge in [-0.05, 0) is 0 Å². The second kappa shape index (κ2) is 1.92. The molecule has 48 valence electrons. The Morgan fingerprint density at radius 1 is 1.50 bits per heavy atom. The average Bonchev–Trinajstić information content (AvgIpc) is 1.62. The summed E-state index contributed by atoms with van der Waals surface area (Å²) in [6.07, 6.45) is 0. The molecule has 3 N–H and O–H groups in total. The first-order valence-electron chi connectivity index (χ1n) is 1.30. The summed E-state index contributed by atoms with van der Waals surface area (Å²) < 4.78 is 25.8. The molecule has 0 aromatic carbocycles. The van der Waals surface area contributed by atoms with Gasteiger partial charge < -0.3 is 5.21 Å². The number of hydrogen-bond acceptors (Lipinski definition) is 3. The predicted octanol–water partition coefficient (Wildman–Crippen LogP) is -0.968. The van der Waals surface area contributed by atoms with Crippen LogP contribution in [0.4, 0.5) is 0 Å². The number of rotatable bonds is 1. The van der Waals surface area contributed by atoms with Gasteiger partial charge in [-0.15, -0.1) is 8.42 Å². The van der Waals surface area contributed by atoms with Gasteiger partial charge in [0, 0.05) is 0 Å². The van der Waals surface area contributed by atoms with Crippen molar-refractivity contribution >= 4 is 10.3 Å². The molecule has 0 bridgehead atoms. The van der Waals surface area contributed by atoms with Gasteiger partial charge in [0.1, 0.15) is 0 Å². The van der Waals surface area contributed by atoms with Crippen LogP contribution in [0.3, 0.4) is 0 Å². The van der Waals surface area contributed by atoms with E-state index in [1.54, 1.807) is 5.28 Å². The molecule has 8 heavy (non-hydrogen) atoms. The molecule has 0 aromatic rings. The summed E-state index contributed by atoms with van der Waals surface area (Å²) in [5, 5.41) is 16.9. The third kappa shape index (κ3) is 1.71. The van der Waals surface area contributed by atoms with E-state index in [1.807, 2.05) is 0 Å². The maximum absolute atomic E-state index is 9.54. The van der Waals surface area contributed by atoms with E-state index < -0.39 is 14.6 Å². The Bertz CT molecular complexity index is 186. The SMILES string of the molecule is O=S(=O)(O)[N+](O)=NO. The molecule has 0 unspecified atom stereocenters. The smallest absolute Gasteiger partial charge is 0.358 e. The van der Waals surface area contributed by atoms with Crippen LogP contribution in [0.5, 0.6) is 0 Å². The zero-order valence-electron chi connectivity index (χ0n) is 3.46. The van der Waals surface area contributed by atoms with Crippen molar-refractivity contribution in [3.63, 3.8) is 0 Å². The van der Waals surface area contributed by atoms with E-state index in [1.165, 1.54) is 0 Å². The monoisotopic (exact) mass is 143 g/mol. The predicted molar refractivity (Wildman–Crippen MR) is 17.8 cm³/mol. The van der Waals surface area contributed by atoms with E-state index in [-0.39, 0.29) is 0 Å². The van der Waals surface area contributed by atoms with Crippen LogP contribution in [0.25, 0.3) is 0 Å². The normalized spacial score (nSPS) is 13.9. The quantitative estimate of drug-likeness (QED) is 0.189. The molecule has 0 aliphatic rings. The lowest BCUT2D eigenvalue weighted by atomic mass is 12.9. The Balaban J connectivity index is 4.55. The maximum atomic E-state index is 9.54. The first kappa shape index (κ1) is 7.11. The number of nitrogens with zero attached hydrogens (tertiary/aromatic N) is 2. The zero-order chi connectivity index (χ0) is 6.78. The fourth-order valence-electron chi connectivity index (χ4n) is 0.0461. The van der Waals surface area contributed by atoms with Crippen LogP contribution in [0.1, 0.15) is 0 Å². The van der Waals surface area contributed by atoms with Crippen LogP contribution < -0.4 is 0 Å². The van der Waals surface area contributed by atoms with Crippen LogP contribution in [0.15, 0.2) is 5.28 Å². The van der Waals surface area contributed by atoms with Gasteiger partial charge in [0.05, 0.1) is 0 Å². The molecular weight excluding hydrogens is 140 g/mol. The van der Waals surface area contributed by atoms with Crippen molar-refractivity contribution in [2.45, 2.75) is 0 Å². The van der Waals surface area contributed by atoms with E-state index in [0.29, 0.717) is 0 Å². The molecule has 0 fully saturated rings. The molecule has 0 heterocycles. The van der Waals surface area contributed by atoms with Gasteiger partial charge in [0.25, 0.3) is 9.54 Å². The van der Waals surface area contributed by atoms with Crippen LogP contribution in [0, 0.1) is 0 Å². The summed E-state index contributed by atoms with van der Waals surface area (Å²) in [7, 11) is -4.78. The highest BCUT2D eigenvalue weighted by molar-refractivity contribution is 7.79. The third-order valence-electron chi connectivity index (χ3n) is 0.283. The van der Waals surface area contributed by atoms with Gasteiger partial charge in [-0.2, -0.15) is 0 Å². The second-order valence-corrected chi connectivity index (χ2v) is 2.01. The van der Waals surface area contributed by atoms with E-state index in [0.717, 1.165) is 0 Å². The van der Waals surface area contributed by atoms with Crippen molar-refractivity contribution in [3.8, 4) is 0 Å². The minimum absolute atomic E-state index is 0.979.